The van der Waals surface area contributed by atoms with Crippen LogP contribution in [0.25, 0.3) is 11.5 Å². The number of hydrogen-bond acceptors (Lipinski definition) is 6. The molecule has 0 radical (unpaired) electrons. The zero-order valence-corrected chi connectivity index (χ0v) is 8.76. The number of carbonyl (C=O) groups excluding carboxylic acids is 1. The molecule has 7 heteroatoms. The lowest BCUT2D eigenvalue weighted by Gasteiger charge is -2.01. The molecule has 0 saturated carbocycles. The third-order valence-electron chi connectivity index (χ3n) is 1.89. The van der Waals surface area contributed by atoms with E-state index in [2.05, 4.69) is 29.9 Å². The molecule has 7 nitrogen and oxygen atoms in total. The molecule has 1 N–H and O–H groups in total. The second kappa shape index (κ2) is 4.05. The lowest BCUT2D eigenvalue weighted by atomic mass is 10.3. The number of carbonyl (C=O) groups is 1. The molecule has 16 heavy (non-hydrogen) atoms. The first-order valence-electron chi connectivity index (χ1n) is 4.51. The van der Waals surface area contributed by atoms with Crippen LogP contribution in [0.2, 0.25) is 0 Å². The van der Waals surface area contributed by atoms with Gasteiger partial charge in [-0.05, 0) is 6.92 Å². The maximum atomic E-state index is 11.4. The molecular weight excluding hydrogens is 210 g/mol. The van der Waals surface area contributed by atoms with E-state index >= 15 is 0 Å². The fraction of sp³-hybridized carbons (Fsp3) is 0.222. The molecule has 0 saturated heterocycles. The van der Waals surface area contributed by atoms with Crippen molar-refractivity contribution in [3.63, 3.8) is 0 Å². The highest BCUT2D eigenvalue weighted by Gasteiger charge is 2.18. The number of nitrogens with zero attached hydrogens (tertiary/aromatic N) is 4. The summed E-state index contributed by atoms with van der Waals surface area (Å²) in [5, 5.41) is 6.59. The Morgan fingerprint density at radius 2 is 2.12 bits per heavy atom. The van der Waals surface area contributed by atoms with Crippen molar-refractivity contribution in [3.05, 3.63) is 23.9 Å². The van der Waals surface area contributed by atoms with Crippen molar-refractivity contribution in [3.8, 4) is 11.5 Å². The molecule has 2 heterocycles. The normalized spacial score (nSPS) is 10.1. The average molecular weight is 219 g/mol. The fourth-order valence-corrected chi connectivity index (χ4v) is 1.20. The van der Waals surface area contributed by atoms with Gasteiger partial charge in [-0.2, -0.15) is 5.10 Å². The minimum Gasteiger partial charge on any atom is -0.464 e. The van der Waals surface area contributed by atoms with Crippen molar-refractivity contribution in [1.82, 2.24) is 25.1 Å². The number of aryl methyl sites for hydroxylation is 1. The number of nitrogens with one attached hydrogen (secondary N) is 1. The van der Waals surface area contributed by atoms with Crippen LogP contribution in [0.1, 0.15) is 16.3 Å². The Morgan fingerprint density at radius 1 is 1.38 bits per heavy atom. The summed E-state index contributed by atoms with van der Waals surface area (Å²) in [6.45, 7) is 1.75. The lowest BCUT2D eigenvalue weighted by Crippen LogP contribution is -2.08. The van der Waals surface area contributed by atoms with E-state index in [9.17, 15) is 4.79 Å². The smallest absolute Gasteiger partial charge is 0.359 e. The van der Waals surface area contributed by atoms with Gasteiger partial charge in [0.15, 0.2) is 5.69 Å². The van der Waals surface area contributed by atoms with E-state index in [1.165, 1.54) is 19.5 Å². The van der Waals surface area contributed by atoms with Crippen LogP contribution in [0.4, 0.5) is 0 Å². The topological polar surface area (TPSA) is 93.6 Å². The molecular formula is C9H9N5O2. The summed E-state index contributed by atoms with van der Waals surface area (Å²) in [5.74, 6) is 0.396. The number of H-pyrrole nitrogens is 1. The van der Waals surface area contributed by atoms with E-state index < -0.39 is 5.97 Å². The summed E-state index contributed by atoms with van der Waals surface area (Å²) in [6, 6.07) is 0. The average Bonchev–Trinajstić information content (AvgIpc) is 2.75. The highest BCUT2D eigenvalue weighted by Crippen LogP contribution is 2.15. The minimum absolute atomic E-state index is 0.101. The van der Waals surface area contributed by atoms with Crippen molar-refractivity contribution in [2.24, 2.45) is 0 Å². The number of methoxy groups -OCH3 is 1. The van der Waals surface area contributed by atoms with Gasteiger partial charge in [-0.25, -0.2) is 19.7 Å². The van der Waals surface area contributed by atoms with Crippen molar-refractivity contribution in [2.75, 3.05) is 7.11 Å². The Bertz CT molecular complexity index is 522. The third-order valence-corrected chi connectivity index (χ3v) is 1.89. The molecule has 0 aliphatic carbocycles. The minimum atomic E-state index is -0.564. The quantitative estimate of drug-likeness (QED) is 0.733. The van der Waals surface area contributed by atoms with Crippen LogP contribution in [0.3, 0.4) is 0 Å². The van der Waals surface area contributed by atoms with Crippen LogP contribution in [0, 0.1) is 6.92 Å². The van der Waals surface area contributed by atoms with Crippen molar-refractivity contribution in [1.29, 1.82) is 0 Å². The summed E-state index contributed by atoms with van der Waals surface area (Å²) in [5.41, 5.74) is 0.405. The van der Waals surface area contributed by atoms with E-state index in [0.717, 1.165) is 0 Å². The number of rotatable bonds is 2. The molecule has 0 fully saturated rings. The van der Waals surface area contributed by atoms with Gasteiger partial charge in [0.1, 0.15) is 11.5 Å². The molecule has 82 valence electrons. The van der Waals surface area contributed by atoms with Gasteiger partial charge in [-0.1, -0.05) is 0 Å². The predicted octanol–water partition coefficient (Wildman–Crippen LogP) is 0.357. The van der Waals surface area contributed by atoms with Crippen molar-refractivity contribution >= 4 is 5.97 Å². The van der Waals surface area contributed by atoms with E-state index in [-0.39, 0.29) is 5.69 Å². The van der Waals surface area contributed by atoms with Crippen molar-refractivity contribution in [2.45, 2.75) is 6.92 Å². The maximum Gasteiger partial charge on any atom is 0.359 e. The summed E-state index contributed by atoms with van der Waals surface area (Å²) in [6.07, 6.45) is 2.88. The second-order valence-electron chi connectivity index (χ2n) is 2.99. The van der Waals surface area contributed by atoms with Gasteiger partial charge in [0, 0.05) is 12.4 Å². The van der Waals surface area contributed by atoms with Crippen LogP contribution in [0.5, 0.6) is 0 Å². The van der Waals surface area contributed by atoms with Crippen molar-refractivity contribution < 1.29 is 9.53 Å². The zero-order chi connectivity index (χ0) is 11.5. The highest BCUT2D eigenvalue weighted by molar-refractivity contribution is 5.92. The summed E-state index contributed by atoms with van der Waals surface area (Å²) in [4.78, 5) is 23.4. The molecule has 2 aromatic heterocycles. The van der Waals surface area contributed by atoms with E-state index in [1.807, 2.05) is 0 Å². The van der Waals surface area contributed by atoms with E-state index in [1.54, 1.807) is 6.92 Å². The Hall–Kier alpha value is -2.31. The van der Waals surface area contributed by atoms with Crippen LogP contribution >= 0.6 is 0 Å². The zero-order valence-electron chi connectivity index (χ0n) is 8.76. The standard InChI is InChI=1S/C9H9N5O2/c1-5-12-8(14-13-5)6-7(9(15)16-2)11-4-3-10-6/h3-4H,1-2H3,(H,12,13,14). The van der Waals surface area contributed by atoms with Crippen LogP contribution in [0.15, 0.2) is 12.4 Å². The molecule has 0 unspecified atom stereocenters. The molecule has 2 aromatic rings. The Balaban J connectivity index is 2.52. The number of esters is 1. The second-order valence-corrected chi connectivity index (χ2v) is 2.99. The monoisotopic (exact) mass is 219 g/mol. The van der Waals surface area contributed by atoms with E-state index in [4.69, 9.17) is 0 Å². The molecule has 0 bridgehead atoms. The molecule has 0 spiro atoms. The van der Waals surface area contributed by atoms with E-state index in [0.29, 0.717) is 17.3 Å². The first-order chi connectivity index (χ1) is 7.72. The Labute approximate surface area is 90.9 Å². The largest absolute Gasteiger partial charge is 0.464 e. The van der Waals surface area contributed by atoms with Gasteiger partial charge < -0.3 is 4.74 Å². The first kappa shape index (κ1) is 10.2. The van der Waals surface area contributed by atoms with Gasteiger partial charge >= 0.3 is 5.97 Å². The van der Waals surface area contributed by atoms with Gasteiger partial charge in [0.05, 0.1) is 7.11 Å². The third kappa shape index (κ3) is 1.74. The fourth-order valence-electron chi connectivity index (χ4n) is 1.20. The van der Waals surface area contributed by atoms with Gasteiger partial charge in [0.2, 0.25) is 5.82 Å². The molecule has 0 aliphatic heterocycles. The van der Waals surface area contributed by atoms with Crippen LogP contribution in [-0.2, 0) is 4.74 Å². The molecule has 0 aliphatic rings. The maximum absolute atomic E-state index is 11.4. The number of hydrogen-bond donors (Lipinski definition) is 1. The van der Waals surface area contributed by atoms with Crippen LogP contribution < -0.4 is 0 Å². The molecule has 0 aromatic carbocycles. The molecule has 0 atom stereocenters. The summed E-state index contributed by atoms with van der Waals surface area (Å²) in [7, 11) is 1.28. The van der Waals surface area contributed by atoms with Gasteiger partial charge in [-0.15, -0.1) is 0 Å². The number of aromatic amines is 1. The lowest BCUT2D eigenvalue weighted by molar-refractivity contribution is 0.0594. The highest BCUT2D eigenvalue weighted by atomic mass is 16.5. The summed E-state index contributed by atoms with van der Waals surface area (Å²) >= 11 is 0. The number of aromatic nitrogens is 5. The SMILES string of the molecule is COC(=O)c1nccnc1-c1n[nH]c(C)n1. The molecule has 0 amide bonds. The van der Waals surface area contributed by atoms with Gasteiger partial charge in [-0.3, -0.25) is 5.10 Å². The first-order valence-corrected chi connectivity index (χ1v) is 4.51. The summed E-state index contributed by atoms with van der Waals surface area (Å²) < 4.78 is 4.60. The van der Waals surface area contributed by atoms with Crippen LogP contribution in [-0.4, -0.2) is 38.2 Å². The Morgan fingerprint density at radius 3 is 2.75 bits per heavy atom. The number of ether oxygens (including phenoxy) is 1. The Kier molecular flexibility index (Phi) is 2.59. The molecule has 2 rings (SSSR count). The van der Waals surface area contributed by atoms with Gasteiger partial charge in [0.25, 0.3) is 0 Å². The predicted molar refractivity (Wildman–Crippen MR) is 53.5 cm³/mol.